The van der Waals surface area contributed by atoms with E-state index in [9.17, 15) is 14.0 Å². The number of nitrogens with one attached hydrogen (secondary N) is 2. The molecule has 2 amide bonds. The van der Waals surface area contributed by atoms with Crippen LogP contribution in [0.2, 0.25) is 5.02 Å². The highest BCUT2D eigenvalue weighted by Crippen LogP contribution is 2.17. The Kier molecular flexibility index (Phi) is 5.78. The summed E-state index contributed by atoms with van der Waals surface area (Å²) >= 11 is 5.81. The third kappa shape index (κ3) is 4.89. The lowest BCUT2D eigenvalue weighted by Crippen LogP contribution is -2.23. The van der Waals surface area contributed by atoms with E-state index in [1.54, 1.807) is 36.5 Å². The first-order chi connectivity index (χ1) is 13.0. The highest BCUT2D eigenvalue weighted by Gasteiger charge is 2.13. The molecule has 0 aliphatic heterocycles. The highest BCUT2D eigenvalue weighted by atomic mass is 35.5. The molecule has 7 heteroatoms. The van der Waals surface area contributed by atoms with Crippen LogP contribution in [0, 0.1) is 5.82 Å². The quantitative estimate of drug-likeness (QED) is 0.698. The Balaban J connectivity index is 1.68. The Bertz CT molecular complexity index is 980. The van der Waals surface area contributed by atoms with E-state index >= 15 is 0 Å². The van der Waals surface area contributed by atoms with Crippen LogP contribution >= 0.6 is 11.6 Å². The SMILES string of the molecule is O=C(NCc1ccccn1)c1cccc(NC(=O)c2cc(Cl)ccc2F)c1. The number of pyridine rings is 1. The first-order valence-corrected chi connectivity index (χ1v) is 8.45. The van der Waals surface area contributed by atoms with Crippen molar-refractivity contribution in [3.8, 4) is 0 Å². The van der Waals surface area contributed by atoms with Crippen LogP contribution in [0.3, 0.4) is 0 Å². The molecular weight excluding hydrogens is 369 g/mol. The minimum atomic E-state index is -0.679. The average Bonchev–Trinajstić information content (AvgIpc) is 2.69. The summed E-state index contributed by atoms with van der Waals surface area (Å²) in [6.45, 7) is 0.282. The molecule has 0 aliphatic carbocycles. The molecule has 0 spiro atoms. The zero-order valence-electron chi connectivity index (χ0n) is 14.1. The number of benzene rings is 2. The summed E-state index contributed by atoms with van der Waals surface area (Å²) < 4.78 is 13.8. The van der Waals surface area contributed by atoms with Gasteiger partial charge in [0.05, 0.1) is 17.8 Å². The second-order valence-electron chi connectivity index (χ2n) is 5.66. The average molecular weight is 384 g/mol. The van der Waals surface area contributed by atoms with Gasteiger partial charge < -0.3 is 10.6 Å². The van der Waals surface area contributed by atoms with Gasteiger partial charge >= 0.3 is 0 Å². The van der Waals surface area contributed by atoms with Gasteiger partial charge in [0.25, 0.3) is 11.8 Å². The molecule has 0 atom stereocenters. The van der Waals surface area contributed by atoms with Gasteiger partial charge in [0, 0.05) is 22.5 Å². The summed E-state index contributed by atoms with van der Waals surface area (Å²) in [5, 5.41) is 5.57. The Morgan fingerprint density at radius 3 is 2.63 bits per heavy atom. The van der Waals surface area contributed by atoms with Gasteiger partial charge in [-0.2, -0.15) is 0 Å². The first-order valence-electron chi connectivity index (χ1n) is 8.07. The van der Waals surface area contributed by atoms with Crippen LogP contribution < -0.4 is 10.6 Å². The summed E-state index contributed by atoms with van der Waals surface area (Å²) in [5.41, 5.74) is 1.28. The maximum absolute atomic E-state index is 13.8. The van der Waals surface area contributed by atoms with E-state index in [4.69, 9.17) is 11.6 Å². The smallest absolute Gasteiger partial charge is 0.258 e. The van der Waals surface area contributed by atoms with Crippen molar-refractivity contribution in [2.45, 2.75) is 6.54 Å². The van der Waals surface area contributed by atoms with Crippen molar-refractivity contribution in [2.24, 2.45) is 0 Å². The normalized spacial score (nSPS) is 10.3. The molecule has 3 rings (SSSR count). The zero-order chi connectivity index (χ0) is 19.2. The fraction of sp³-hybridized carbons (Fsp3) is 0.0500. The molecule has 2 aromatic carbocycles. The van der Waals surface area contributed by atoms with Gasteiger partial charge in [-0.15, -0.1) is 0 Å². The molecule has 0 radical (unpaired) electrons. The number of amides is 2. The molecule has 2 N–H and O–H groups in total. The Hall–Kier alpha value is -3.25. The van der Waals surface area contributed by atoms with Gasteiger partial charge in [0.2, 0.25) is 0 Å². The van der Waals surface area contributed by atoms with Gasteiger partial charge in [-0.05, 0) is 48.5 Å². The number of nitrogens with zero attached hydrogens (tertiary/aromatic N) is 1. The van der Waals surface area contributed by atoms with E-state index in [2.05, 4.69) is 15.6 Å². The van der Waals surface area contributed by atoms with Crippen LogP contribution in [0.5, 0.6) is 0 Å². The number of hydrogen-bond acceptors (Lipinski definition) is 3. The van der Waals surface area contributed by atoms with Gasteiger partial charge in [0.15, 0.2) is 0 Å². The Labute approximate surface area is 160 Å². The van der Waals surface area contributed by atoms with Crippen molar-refractivity contribution in [1.29, 1.82) is 0 Å². The van der Waals surface area contributed by atoms with E-state index < -0.39 is 11.7 Å². The minimum absolute atomic E-state index is 0.174. The van der Waals surface area contributed by atoms with E-state index in [1.165, 1.54) is 18.2 Å². The van der Waals surface area contributed by atoms with Crippen molar-refractivity contribution in [3.63, 3.8) is 0 Å². The van der Waals surface area contributed by atoms with Crippen LogP contribution in [0.15, 0.2) is 66.9 Å². The number of anilines is 1. The fourth-order valence-corrected chi connectivity index (χ4v) is 2.56. The van der Waals surface area contributed by atoms with Crippen molar-refractivity contribution in [3.05, 3.63) is 94.5 Å². The topological polar surface area (TPSA) is 71.1 Å². The summed E-state index contributed by atoms with van der Waals surface area (Å²) in [6, 6.07) is 15.5. The second-order valence-corrected chi connectivity index (χ2v) is 6.10. The lowest BCUT2D eigenvalue weighted by atomic mass is 10.1. The highest BCUT2D eigenvalue weighted by molar-refractivity contribution is 6.31. The Morgan fingerprint density at radius 2 is 1.85 bits per heavy atom. The van der Waals surface area contributed by atoms with Crippen LogP contribution in [0.4, 0.5) is 10.1 Å². The maximum Gasteiger partial charge on any atom is 0.258 e. The van der Waals surface area contributed by atoms with Gasteiger partial charge in [-0.25, -0.2) is 4.39 Å². The number of halogens is 2. The molecule has 0 bridgehead atoms. The lowest BCUT2D eigenvalue weighted by Gasteiger charge is -2.09. The van der Waals surface area contributed by atoms with E-state index in [0.717, 1.165) is 11.8 Å². The van der Waals surface area contributed by atoms with Crippen LogP contribution in [-0.4, -0.2) is 16.8 Å². The summed E-state index contributed by atoms with van der Waals surface area (Å²) in [6.07, 6.45) is 1.65. The van der Waals surface area contributed by atoms with E-state index in [0.29, 0.717) is 11.3 Å². The molecule has 0 aliphatic rings. The number of carbonyl (C=O) groups excluding carboxylic acids is 2. The third-order valence-corrected chi connectivity index (χ3v) is 3.95. The summed E-state index contributed by atoms with van der Waals surface area (Å²) in [4.78, 5) is 28.7. The Morgan fingerprint density at radius 1 is 1.00 bits per heavy atom. The third-order valence-electron chi connectivity index (χ3n) is 3.71. The first kappa shape index (κ1) is 18.5. The monoisotopic (exact) mass is 383 g/mol. The van der Waals surface area contributed by atoms with Crippen molar-refractivity contribution in [1.82, 2.24) is 10.3 Å². The van der Waals surface area contributed by atoms with E-state index in [-0.39, 0.29) is 23.0 Å². The predicted octanol–water partition coefficient (Wildman–Crippen LogP) is 4.06. The van der Waals surface area contributed by atoms with Crippen LogP contribution in [0.1, 0.15) is 26.4 Å². The molecule has 5 nitrogen and oxygen atoms in total. The maximum atomic E-state index is 13.8. The van der Waals surface area contributed by atoms with Crippen LogP contribution in [-0.2, 0) is 6.54 Å². The number of rotatable bonds is 5. The lowest BCUT2D eigenvalue weighted by molar-refractivity contribution is 0.0949. The largest absolute Gasteiger partial charge is 0.346 e. The van der Waals surface area contributed by atoms with Crippen molar-refractivity contribution < 1.29 is 14.0 Å². The molecule has 0 fully saturated rings. The van der Waals surface area contributed by atoms with Gasteiger partial charge in [-0.1, -0.05) is 23.7 Å². The summed E-state index contributed by atoms with van der Waals surface area (Å²) in [5.74, 6) is -1.65. The van der Waals surface area contributed by atoms with Crippen LogP contribution in [0.25, 0.3) is 0 Å². The number of carbonyl (C=O) groups is 2. The minimum Gasteiger partial charge on any atom is -0.346 e. The van der Waals surface area contributed by atoms with Crippen molar-refractivity contribution in [2.75, 3.05) is 5.32 Å². The van der Waals surface area contributed by atoms with E-state index in [1.807, 2.05) is 6.07 Å². The number of hydrogen-bond donors (Lipinski definition) is 2. The van der Waals surface area contributed by atoms with Crippen molar-refractivity contribution >= 4 is 29.1 Å². The second kappa shape index (κ2) is 8.42. The standard InChI is InChI=1S/C20H15ClFN3O2/c21-14-7-8-18(22)17(11-14)20(27)25-15-6-3-4-13(10-15)19(26)24-12-16-5-1-2-9-23-16/h1-11H,12H2,(H,24,26)(H,25,27). The van der Waals surface area contributed by atoms with Gasteiger partial charge in [0.1, 0.15) is 5.82 Å². The molecule has 1 heterocycles. The summed E-state index contributed by atoms with van der Waals surface area (Å²) in [7, 11) is 0. The molecular formula is C20H15ClFN3O2. The zero-order valence-corrected chi connectivity index (χ0v) is 14.8. The fourth-order valence-electron chi connectivity index (χ4n) is 2.38. The molecule has 0 saturated carbocycles. The molecule has 0 unspecified atom stereocenters. The van der Waals surface area contributed by atoms with Gasteiger partial charge in [-0.3, -0.25) is 14.6 Å². The molecule has 1 aromatic heterocycles. The molecule has 27 heavy (non-hydrogen) atoms. The molecule has 3 aromatic rings. The molecule has 136 valence electrons. The predicted molar refractivity (Wildman–Crippen MR) is 101 cm³/mol. The molecule has 0 saturated heterocycles. The number of aromatic nitrogens is 1.